The summed E-state index contributed by atoms with van der Waals surface area (Å²) in [5.41, 5.74) is -0.617. The highest BCUT2D eigenvalue weighted by Gasteiger charge is 2.52. The van der Waals surface area contributed by atoms with E-state index in [9.17, 15) is 4.79 Å². The van der Waals surface area contributed by atoms with Crippen LogP contribution in [0.5, 0.6) is 0 Å². The predicted molar refractivity (Wildman–Crippen MR) is 56.9 cm³/mol. The van der Waals surface area contributed by atoms with Gasteiger partial charge in [-0.1, -0.05) is 6.92 Å². The van der Waals surface area contributed by atoms with Crippen molar-refractivity contribution in [3.8, 4) is 6.07 Å². The lowest BCUT2D eigenvalue weighted by atomic mass is 10.0. The van der Waals surface area contributed by atoms with Crippen LogP contribution in [0.15, 0.2) is 0 Å². The van der Waals surface area contributed by atoms with Gasteiger partial charge < -0.3 is 4.90 Å². The van der Waals surface area contributed by atoms with Crippen molar-refractivity contribution in [2.45, 2.75) is 39.0 Å². The molecule has 0 radical (unpaired) electrons. The molecule has 0 aromatic carbocycles. The van der Waals surface area contributed by atoms with Crippen molar-refractivity contribution in [2.75, 3.05) is 13.1 Å². The van der Waals surface area contributed by atoms with Gasteiger partial charge in [-0.3, -0.25) is 4.79 Å². The minimum absolute atomic E-state index is 0.0964. The molecule has 1 saturated carbocycles. The second-order valence-electron chi connectivity index (χ2n) is 5.02. The van der Waals surface area contributed by atoms with Gasteiger partial charge in [-0.15, -0.1) is 0 Å². The number of rotatable bonds is 1. The zero-order valence-corrected chi connectivity index (χ0v) is 9.33. The maximum absolute atomic E-state index is 12.1. The fourth-order valence-corrected chi connectivity index (χ4v) is 2.27. The molecule has 0 bridgehead atoms. The van der Waals surface area contributed by atoms with E-state index in [-0.39, 0.29) is 5.91 Å². The summed E-state index contributed by atoms with van der Waals surface area (Å²) in [5, 5.41) is 8.98. The van der Waals surface area contributed by atoms with Crippen LogP contribution in [0.4, 0.5) is 0 Å². The Hall–Kier alpha value is -1.04. The number of likely N-dealkylation sites (tertiary alicyclic amines) is 1. The van der Waals surface area contributed by atoms with E-state index >= 15 is 0 Å². The van der Waals surface area contributed by atoms with Crippen LogP contribution < -0.4 is 0 Å². The molecule has 1 saturated heterocycles. The minimum atomic E-state index is -0.617. The van der Waals surface area contributed by atoms with Crippen molar-refractivity contribution in [1.82, 2.24) is 4.90 Å². The molecule has 3 nitrogen and oxygen atoms in total. The van der Waals surface area contributed by atoms with Gasteiger partial charge in [0.25, 0.3) is 0 Å². The van der Waals surface area contributed by atoms with Gasteiger partial charge >= 0.3 is 0 Å². The van der Waals surface area contributed by atoms with Gasteiger partial charge in [-0.05, 0) is 38.0 Å². The van der Waals surface area contributed by atoms with Crippen LogP contribution >= 0.6 is 0 Å². The molecule has 0 spiro atoms. The summed E-state index contributed by atoms with van der Waals surface area (Å²) in [6.45, 7) is 3.95. The van der Waals surface area contributed by atoms with E-state index in [0.29, 0.717) is 0 Å². The molecule has 2 aliphatic rings. The SMILES string of the molecule is CC1CCCN(C(=O)C2(C#N)CC2)CC1. The Morgan fingerprint density at radius 2 is 2.13 bits per heavy atom. The number of hydrogen-bond donors (Lipinski definition) is 0. The highest BCUT2D eigenvalue weighted by molar-refractivity contribution is 5.88. The lowest BCUT2D eigenvalue weighted by Gasteiger charge is -2.22. The maximum atomic E-state index is 12.1. The summed E-state index contributed by atoms with van der Waals surface area (Å²) in [6.07, 6.45) is 4.94. The van der Waals surface area contributed by atoms with Crippen molar-refractivity contribution in [1.29, 1.82) is 5.26 Å². The summed E-state index contributed by atoms with van der Waals surface area (Å²) < 4.78 is 0. The molecule has 1 atom stereocenters. The lowest BCUT2D eigenvalue weighted by Crippen LogP contribution is -2.37. The van der Waals surface area contributed by atoms with Crippen LogP contribution in [0.2, 0.25) is 0 Å². The first-order valence-electron chi connectivity index (χ1n) is 5.88. The Bertz CT molecular complexity index is 301. The van der Waals surface area contributed by atoms with Crippen molar-refractivity contribution in [3.05, 3.63) is 0 Å². The summed E-state index contributed by atoms with van der Waals surface area (Å²) in [4.78, 5) is 14.0. The monoisotopic (exact) mass is 206 g/mol. The summed E-state index contributed by atoms with van der Waals surface area (Å²) in [5.74, 6) is 0.819. The Kier molecular flexibility index (Phi) is 2.68. The van der Waals surface area contributed by atoms with Gasteiger partial charge in [0.2, 0.25) is 5.91 Å². The van der Waals surface area contributed by atoms with Crippen molar-refractivity contribution < 1.29 is 4.79 Å². The minimum Gasteiger partial charge on any atom is -0.341 e. The zero-order valence-electron chi connectivity index (χ0n) is 9.33. The predicted octanol–water partition coefficient (Wildman–Crippen LogP) is 1.94. The van der Waals surface area contributed by atoms with E-state index in [0.717, 1.165) is 44.7 Å². The molecular weight excluding hydrogens is 188 g/mol. The molecule has 3 heteroatoms. The third kappa shape index (κ3) is 1.99. The van der Waals surface area contributed by atoms with Crippen molar-refractivity contribution >= 4 is 5.91 Å². The molecule has 1 aliphatic carbocycles. The van der Waals surface area contributed by atoms with Crippen molar-refractivity contribution in [2.24, 2.45) is 11.3 Å². The topological polar surface area (TPSA) is 44.1 Å². The molecule has 0 aromatic rings. The van der Waals surface area contributed by atoms with Crippen LogP contribution in [-0.4, -0.2) is 23.9 Å². The fourth-order valence-electron chi connectivity index (χ4n) is 2.27. The summed E-state index contributed by atoms with van der Waals surface area (Å²) in [6, 6.07) is 2.19. The quantitative estimate of drug-likeness (QED) is 0.658. The van der Waals surface area contributed by atoms with Gasteiger partial charge in [-0.2, -0.15) is 5.26 Å². The summed E-state index contributed by atoms with van der Waals surface area (Å²) >= 11 is 0. The smallest absolute Gasteiger partial charge is 0.243 e. The molecule has 1 unspecified atom stereocenters. The lowest BCUT2D eigenvalue weighted by molar-refractivity contribution is -0.134. The average molecular weight is 206 g/mol. The highest BCUT2D eigenvalue weighted by atomic mass is 16.2. The van der Waals surface area contributed by atoms with Crippen LogP contribution in [0, 0.1) is 22.7 Å². The second kappa shape index (κ2) is 3.84. The number of nitriles is 1. The first-order valence-corrected chi connectivity index (χ1v) is 5.88. The molecule has 0 N–H and O–H groups in total. The molecule has 0 aromatic heterocycles. The first kappa shape index (κ1) is 10.5. The average Bonchev–Trinajstić information content (AvgIpc) is 3.02. The summed E-state index contributed by atoms with van der Waals surface area (Å²) in [7, 11) is 0. The Balaban J connectivity index is 1.99. The van der Waals surface area contributed by atoms with Gasteiger partial charge in [-0.25, -0.2) is 0 Å². The number of nitrogens with zero attached hydrogens (tertiary/aromatic N) is 2. The van der Waals surface area contributed by atoms with Crippen LogP contribution in [-0.2, 0) is 4.79 Å². The number of amides is 1. The number of hydrogen-bond acceptors (Lipinski definition) is 2. The van der Waals surface area contributed by atoms with Gasteiger partial charge in [0.1, 0.15) is 5.41 Å². The van der Waals surface area contributed by atoms with Crippen LogP contribution in [0.1, 0.15) is 39.0 Å². The molecule has 2 rings (SSSR count). The third-order valence-electron chi connectivity index (χ3n) is 3.68. The molecule has 82 valence electrons. The highest BCUT2D eigenvalue weighted by Crippen LogP contribution is 2.46. The van der Waals surface area contributed by atoms with E-state index in [1.807, 2.05) is 4.90 Å². The standard InChI is InChI=1S/C12H18N2O/c1-10-3-2-7-14(8-4-10)11(15)12(9-13)5-6-12/h10H,2-8H2,1H3. The zero-order chi connectivity index (χ0) is 10.9. The van der Waals surface area contributed by atoms with Gasteiger partial charge in [0.15, 0.2) is 0 Å². The Morgan fingerprint density at radius 3 is 2.73 bits per heavy atom. The molecular formula is C12H18N2O. The molecule has 1 amide bonds. The second-order valence-corrected chi connectivity index (χ2v) is 5.02. The van der Waals surface area contributed by atoms with Gasteiger partial charge in [0, 0.05) is 13.1 Å². The van der Waals surface area contributed by atoms with Crippen LogP contribution in [0.3, 0.4) is 0 Å². The molecule has 1 aliphatic heterocycles. The maximum Gasteiger partial charge on any atom is 0.243 e. The van der Waals surface area contributed by atoms with E-state index in [2.05, 4.69) is 13.0 Å². The van der Waals surface area contributed by atoms with E-state index in [4.69, 9.17) is 5.26 Å². The van der Waals surface area contributed by atoms with E-state index in [1.165, 1.54) is 6.42 Å². The Morgan fingerprint density at radius 1 is 1.40 bits per heavy atom. The third-order valence-corrected chi connectivity index (χ3v) is 3.68. The molecule has 15 heavy (non-hydrogen) atoms. The largest absolute Gasteiger partial charge is 0.341 e. The van der Waals surface area contributed by atoms with E-state index < -0.39 is 5.41 Å². The van der Waals surface area contributed by atoms with Gasteiger partial charge in [0.05, 0.1) is 6.07 Å². The van der Waals surface area contributed by atoms with Crippen molar-refractivity contribution in [3.63, 3.8) is 0 Å². The Labute approximate surface area is 91.1 Å². The molecule has 1 heterocycles. The molecule has 2 fully saturated rings. The first-order chi connectivity index (χ1) is 7.18. The number of carbonyl (C=O) groups is 1. The normalized spacial score (nSPS) is 29.1. The fraction of sp³-hybridized carbons (Fsp3) is 0.833. The number of carbonyl (C=O) groups excluding carboxylic acids is 1. The van der Waals surface area contributed by atoms with E-state index in [1.54, 1.807) is 0 Å². The van der Waals surface area contributed by atoms with Crippen LogP contribution in [0.25, 0.3) is 0 Å².